The Morgan fingerprint density at radius 2 is 1.70 bits per heavy atom. The van der Waals surface area contributed by atoms with Crippen molar-refractivity contribution in [3.8, 4) is 5.75 Å². The fraction of sp³-hybridized carbons (Fsp3) is 0.200. The molecule has 0 aliphatic rings. The number of alkyl halides is 1. The highest BCUT2D eigenvalue weighted by Gasteiger charge is 2.17. The van der Waals surface area contributed by atoms with Gasteiger partial charge in [0.05, 0.1) is 17.0 Å². The summed E-state index contributed by atoms with van der Waals surface area (Å²) >= 11 is 22.2. The summed E-state index contributed by atoms with van der Waals surface area (Å²) in [6, 6.07) is 9.39. The van der Waals surface area contributed by atoms with Crippen LogP contribution in [-0.4, -0.2) is 7.11 Å². The average Bonchev–Trinajstić information content (AvgIpc) is 2.39. The molecule has 0 amide bonds. The molecule has 2 aromatic rings. The van der Waals surface area contributed by atoms with Crippen molar-refractivity contribution in [3.63, 3.8) is 0 Å². The Balaban J connectivity index is 2.47. The number of methoxy groups -OCH3 is 1. The zero-order chi connectivity index (χ0) is 14.9. The van der Waals surface area contributed by atoms with Crippen molar-refractivity contribution in [1.82, 2.24) is 0 Å². The van der Waals surface area contributed by atoms with Crippen molar-refractivity contribution >= 4 is 50.7 Å². The van der Waals surface area contributed by atoms with Gasteiger partial charge in [-0.15, -0.1) is 0 Å². The molecule has 0 aliphatic carbocycles. The second kappa shape index (κ2) is 6.57. The minimum atomic E-state index is -0.0872. The van der Waals surface area contributed by atoms with E-state index in [-0.39, 0.29) is 4.83 Å². The van der Waals surface area contributed by atoms with Crippen LogP contribution < -0.4 is 4.74 Å². The highest BCUT2D eigenvalue weighted by Crippen LogP contribution is 2.40. The van der Waals surface area contributed by atoms with Crippen LogP contribution in [0, 0.1) is 6.92 Å². The Bertz CT molecular complexity index is 623. The van der Waals surface area contributed by atoms with E-state index < -0.39 is 0 Å². The molecule has 1 unspecified atom stereocenters. The van der Waals surface area contributed by atoms with Gasteiger partial charge in [0.2, 0.25) is 0 Å². The lowest BCUT2D eigenvalue weighted by Gasteiger charge is -2.15. The lowest BCUT2D eigenvalue weighted by Crippen LogP contribution is -1.96. The summed E-state index contributed by atoms with van der Waals surface area (Å²) in [4.78, 5) is -0.0872. The maximum absolute atomic E-state index is 6.30. The molecule has 0 radical (unpaired) electrons. The van der Waals surface area contributed by atoms with E-state index in [4.69, 9.17) is 39.5 Å². The van der Waals surface area contributed by atoms with Crippen molar-refractivity contribution in [2.75, 3.05) is 7.11 Å². The van der Waals surface area contributed by atoms with Crippen LogP contribution in [0.1, 0.15) is 21.5 Å². The quantitative estimate of drug-likeness (QED) is 0.544. The SMILES string of the molecule is COc1cc(Cl)c(C(Br)c2cc(C)cc(Cl)c2)cc1Cl. The summed E-state index contributed by atoms with van der Waals surface area (Å²) in [7, 11) is 1.56. The summed E-state index contributed by atoms with van der Waals surface area (Å²) in [6.45, 7) is 2.00. The molecule has 0 fully saturated rings. The van der Waals surface area contributed by atoms with Crippen molar-refractivity contribution < 1.29 is 4.74 Å². The molecule has 0 aromatic heterocycles. The Labute approximate surface area is 141 Å². The van der Waals surface area contributed by atoms with Crippen molar-refractivity contribution in [3.05, 3.63) is 62.1 Å². The third kappa shape index (κ3) is 3.43. The van der Waals surface area contributed by atoms with Crippen LogP contribution in [0.4, 0.5) is 0 Å². The number of hydrogen-bond acceptors (Lipinski definition) is 1. The lowest BCUT2D eigenvalue weighted by molar-refractivity contribution is 0.415. The minimum absolute atomic E-state index is 0.0872. The summed E-state index contributed by atoms with van der Waals surface area (Å²) in [5.41, 5.74) is 2.99. The molecule has 5 heteroatoms. The van der Waals surface area contributed by atoms with E-state index in [0.29, 0.717) is 20.8 Å². The first-order valence-corrected chi connectivity index (χ1v) is 7.91. The van der Waals surface area contributed by atoms with Crippen LogP contribution in [0.5, 0.6) is 5.75 Å². The first-order valence-electron chi connectivity index (χ1n) is 5.86. The van der Waals surface area contributed by atoms with Gasteiger partial charge >= 0.3 is 0 Å². The van der Waals surface area contributed by atoms with Crippen LogP contribution in [-0.2, 0) is 0 Å². The predicted octanol–water partition coefficient (Wildman–Crippen LogP) is 6.45. The van der Waals surface area contributed by atoms with Crippen molar-refractivity contribution in [1.29, 1.82) is 0 Å². The van der Waals surface area contributed by atoms with E-state index in [2.05, 4.69) is 22.0 Å². The first-order chi connectivity index (χ1) is 9.42. The molecule has 0 saturated heterocycles. The second-order valence-corrected chi connectivity index (χ2v) is 6.60. The lowest BCUT2D eigenvalue weighted by atomic mass is 10.0. The van der Waals surface area contributed by atoms with E-state index in [1.807, 2.05) is 19.1 Å². The van der Waals surface area contributed by atoms with Gasteiger partial charge < -0.3 is 4.74 Å². The third-order valence-corrected chi connectivity index (χ3v) is 4.76. The fourth-order valence-electron chi connectivity index (χ4n) is 1.99. The number of aryl methyl sites for hydroxylation is 1. The molecule has 106 valence electrons. The smallest absolute Gasteiger partial charge is 0.138 e. The number of halogens is 4. The summed E-state index contributed by atoms with van der Waals surface area (Å²) in [6.07, 6.45) is 0. The van der Waals surface area contributed by atoms with E-state index in [1.165, 1.54) is 0 Å². The van der Waals surface area contributed by atoms with Gasteiger partial charge in [0.1, 0.15) is 5.75 Å². The van der Waals surface area contributed by atoms with Crippen molar-refractivity contribution in [2.45, 2.75) is 11.8 Å². The van der Waals surface area contributed by atoms with E-state index in [0.717, 1.165) is 16.7 Å². The summed E-state index contributed by atoms with van der Waals surface area (Å²) in [5, 5.41) is 1.81. The zero-order valence-electron chi connectivity index (χ0n) is 10.9. The number of hydrogen-bond donors (Lipinski definition) is 0. The van der Waals surface area contributed by atoms with Gasteiger partial charge in [-0.2, -0.15) is 0 Å². The van der Waals surface area contributed by atoms with E-state index in [1.54, 1.807) is 19.2 Å². The number of ether oxygens (including phenoxy) is 1. The molecule has 1 atom stereocenters. The van der Waals surface area contributed by atoms with Gasteiger partial charge in [0, 0.05) is 16.1 Å². The largest absolute Gasteiger partial charge is 0.495 e. The summed E-state index contributed by atoms with van der Waals surface area (Å²) < 4.78 is 5.15. The van der Waals surface area contributed by atoms with Crippen LogP contribution in [0.3, 0.4) is 0 Å². The summed E-state index contributed by atoms with van der Waals surface area (Å²) in [5.74, 6) is 0.558. The molecule has 2 rings (SSSR count). The highest BCUT2D eigenvalue weighted by molar-refractivity contribution is 9.09. The van der Waals surface area contributed by atoms with E-state index >= 15 is 0 Å². The number of benzene rings is 2. The monoisotopic (exact) mass is 392 g/mol. The van der Waals surface area contributed by atoms with Gasteiger partial charge in [0.15, 0.2) is 0 Å². The average molecular weight is 395 g/mol. The van der Waals surface area contributed by atoms with Gasteiger partial charge in [-0.3, -0.25) is 0 Å². The molecule has 0 N–H and O–H groups in total. The standard InChI is InChI=1S/C15H12BrCl3O/c1-8-3-9(5-10(17)4-8)15(16)11-6-13(19)14(20-2)7-12(11)18/h3-7,15H,1-2H3. The van der Waals surface area contributed by atoms with Gasteiger partial charge in [-0.25, -0.2) is 0 Å². The molecule has 1 nitrogen and oxygen atoms in total. The Morgan fingerprint density at radius 3 is 2.30 bits per heavy atom. The maximum atomic E-state index is 6.30. The normalized spacial score (nSPS) is 12.3. The van der Waals surface area contributed by atoms with Crippen LogP contribution in [0.2, 0.25) is 15.1 Å². The Hall–Kier alpha value is -0.410. The first kappa shape index (κ1) is 16.0. The van der Waals surface area contributed by atoms with Crippen LogP contribution in [0.25, 0.3) is 0 Å². The molecule has 0 spiro atoms. The van der Waals surface area contributed by atoms with Gasteiger partial charge in [0.25, 0.3) is 0 Å². The number of rotatable bonds is 3. The highest BCUT2D eigenvalue weighted by atomic mass is 79.9. The van der Waals surface area contributed by atoms with E-state index in [9.17, 15) is 0 Å². The topological polar surface area (TPSA) is 9.23 Å². The Morgan fingerprint density at radius 1 is 1.00 bits per heavy atom. The Kier molecular flexibility index (Phi) is 5.25. The van der Waals surface area contributed by atoms with Crippen LogP contribution >= 0.6 is 50.7 Å². The van der Waals surface area contributed by atoms with Crippen LogP contribution in [0.15, 0.2) is 30.3 Å². The molecular formula is C15H12BrCl3O. The molecule has 0 saturated carbocycles. The molecule has 0 heterocycles. The second-order valence-electron chi connectivity index (χ2n) is 4.43. The maximum Gasteiger partial charge on any atom is 0.138 e. The van der Waals surface area contributed by atoms with Crippen molar-refractivity contribution in [2.24, 2.45) is 0 Å². The van der Waals surface area contributed by atoms with Gasteiger partial charge in [-0.05, 0) is 41.8 Å². The fourth-order valence-corrected chi connectivity index (χ4v) is 3.57. The molecular weight excluding hydrogens is 382 g/mol. The third-order valence-electron chi connectivity index (χ3n) is 2.90. The molecule has 0 bridgehead atoms. The minimum Gasteiger partial charge on any atom is -0.495 e. The molecule has 0 aliphatic heterocycles. The zero-order valence-corrected chi connectivity index (χ0v) is 14.7. The predicted molar refractivity (Wildman–Crippen MR) is 90.0 cm³/mol. The molecule has 2 aromatic carbocycles. The van der Waals surface area contributed by atoms with Gasteiger partial charge in [-0.1, -0.05) is 56.8 Å². The molecule has 20 heavy (non-hydrogen) atoms.